The molecule has 10 heteroatoms. The molecule has 0 radical (unpaired) electrons. The second-order valence-electron chi connectivity index (χ2n) is 6.24. The van der Waals surface area contributed by atoms with E-state index >= 15 is 0 Å². The summed E-state index contributed by atoms with van der Waals surface area (Å²) in [5.41, 5.74) is 0.825. The van der Waals surface area contributed by atoms with E-state index in [0.717, 1.165) is 0 Å². The van der Waals surface area contributed by atoms with Crippen LogP contribution in [0.1, 0.15) is 24.5 Å². The Morgan fingerprint density at radius 3 is 2.45 bits per heavy atom. The lowest BCUT2D eigenvalue weighted by molar-refractivity contribution is -0.384. The van der Waals surface area contributed by atoms with E-state index in [-0.39, 0.29) is 23.0 Å². The average Bonchev–Trinajstić information content (AvgIpc) is 3.28. The number of non-ortho nitro benzene ring substituents is 1. The lowest BCUT2D eigenvalue weighted by Crippen LogP contribution is -2.11. The quantitative estimate of drug-likeness (QED) is 0.183. The highest BCUT2D eigenvalue weighted by molar-refractivity contribution is 5.98. The number of rotatable bonds is 7. The summed E-state index contributed by atoms with van der Waals surface area (Å²) in [6.07, 6.45) is 0.476. The summed E-state index contributed by atoms with van der Waals surface area (Å²) in [5.74, 6) is -0.0708. The number of hydrogen-bond acceptors (Lipinski definition) is 9. The molecular formula is C21H16N4O6. The van der Waals surface area contributed by atoms with Crippen molar-refractivity contribution in [2.45, 2.75) is 13.0 Å². The number of esters is 1. The molecule has 0 saturated heterocycles. The largest absolute Gasteiger partial charge is 0.497 e. The third-order valence-corrected chi connectivity index (χ3v) is 4.16. The number of aromatic nitrogens is 2. The molecule has 3 aromatic rings. The molecule has 1 unspecified atom stereocenters. The average molecular weight is 420 g/mol. The maximum absolute atomic E-state index is 12.4. The van der Waals surface area contributed by atoms with E-state index in [9.17, 15) is 20.2 Å². The lowest BCUT2D eigenvalue weighted by atomic mass is 10.1. The summed E-state index contributed by atoms with van der Waals surface area (Å²) in [5, 5.41) is 27.8. The molecule has 0 amide bonds. The highest BCUT2D eigenvalue weighted by atomic mass is 16.6. The Labute approximate surface area is 176 Å². The Morgan fingerprint density at radius 2 is 1.87 bits per heavy atom. The first-order valence-electron chi connectivity index (χ1n) is 8.96. The normalized spacial score (nSPS) is 12.0. The fourth-order valence-electron chi connectivity index (χ4n) is 2.52. The van der Waals surface area contributed by atoms with Crippen molar-refractivity contribution < 1.29 is 23.6 Å². The molecular weight excluding hydrogens is 404 g/mol. The van der Waals surface area contributed by atoms with Crippen LogP contribution in [0.5, 0.6) is 5.75 Å². The number of nitrogens with zero attached hydrogens (tertiary/aromatic N) is 4. The van der Waals surface area contributed by atoms with Gasteiger partial charge in [0.05, 0.1) is 12.0 Å². The standard InChI is InChI=1S/C21H16N4O6/c1-13(19-23-24-20(31-19)15-5-7-17(8-6-15)25(27)28)30-21(26)16(12-22)11-14-3-9-18(29-2)10-4-14/h3-11,13H,1-2H3/b16-11+. The molecule has 0 saturated carbocycles. The molecule has 0 fully saturated rings. The molecule has 3 rings (SSSR count). The Balaban J connectivity index is 1.70. The van der Waals surface area contributed by atoms with Gasteiger partial charge in [-0.1, -0.05) is 12.1 Å². The van der Waals surface area contributed by atoms with E-state index in [2.05, 4.69) is 10.2 Å². The van der Waals surface area contributed by atoms with Crippen LogP contribution in [0, 0.1) is 21.4 Å². The minimum absolute atomic E-state index is 0.0171. The predicted molar refractivity (Wildman–Crippen MR) is 107 cm³/mol. The minimum atomic E-state index is -0.917. The van der Waals surface area contributed by atoms with Gasteiger partial charge in [0.25, 0.3) is 11.6 Å². The molecule has 0 aliphatic rings. The molecule has 10 nitrogen and oxygen atoms in total. The molecule has 2 aromatic carbocycles. The molecule has 0 N–H and O–H groups in total. The number of ether oxygens (including phenoxy) is 2. The number of nitriles is 1. The van der Waals surface area contributed by atoms with Gasteiger partial charge < -0.3 is 13.9 Å². The Kier molecular flexibility index (Phi) is 6.37. The number of carbonyl (C=O) groups is 1. The first-order valence-corrected chi connectivity index (χ1v) is 8.96. The SMILES string of the molecule is COc1ccc(/C=C(\C#N)C(=O)OC(C)c2nnc(-c3ccc([N+](=O)[O-])cc3)o2)cc1. The van der Waals surface area contributed by atoms with Gasteiger partial charge in [-0.15, -0.1) is 10.2 Å². The molecule has 156 valence electrons. The van der Waals surface area contributed by atoms with Crippen molar-refractivity contribution in [1.82, 2.24) is 10.2 Å². The monoisotopic (exact) mass is 420 g/mol. The molecule has 0 aliphatic heterocycles. The topological polar surface area (TPSA) is 141 Å². The van der Waals surface area contributed by atoms with Crippen LogP contribution in [0.2, 0.25) is 0 Å². The van der Waals surface area contributed by atoms with Crippen molar-refractivity contribution in [2.75, 3.05) is 7.11 Å². The second kappa shape index (κ2) is 9.32. The van der Waals surface area contributed by atoms with E-state index in [0.29, 0.717) is 16.9 Å². The van der Waals surface area contributed by atoms with Crippen molar-refractivity contribution in [2.24, 2.45) is 0 Å². The number of carbonyl (C=O) groups excluding carboxylic acids is 1. The molecule has 1 aromatic heterocycles. The van der Waals surface area contributed by atoms with Gasteiger partial charge in [-0.05, 0) is 42.8 Å². The molecule has 0 spiro atoms. The fraction of sp³-hybridized carbons (Fsp3) is 0.143. The second-order valence-corrected chi connectivity index (χ2v) is 6.24. The minimum Gasteiger partial charge on any atom is -0.497 e. The first-order chi connectivity index (χ1) is 14.9. The zero-order chi connectivity index (χ0) is 22.4. The van der Waals surface area contributed by atoms with Crippen molar-refractivity contribution in [3.63, 3.8) is 0 Å². The lowest BCUT2D eigenvalue weighted by Gasteiger charge is -2.08. The van der Waals surface area contributed by atoms with Crippen molar-refractivity contribution in [1.29, 1.82) is 5.26 Å². The van der Waals surface area contributed by atoms with E-state index in [1.165, 1.54) is 44.4 Å². The number of nitro benzene ring substituents is 1. The van der Waals surface area contributed by atoms with Crippen LogP contribution in [0.15, 0.2) is 58.5 Å². The van der Waals surface area contributed by atoms with Crippen LogP contribution < -0.4 is 4.74 Å². The van der Waals surface area contributed by atoms with E-state index < -0.39 is 17.0 Å². The summed E-state index contributed by atoms with van der Waals surface area (Å²) < 4.78 is 15.8. The number of methoxy groups -OCH3 is 1. The Morgan fingerprint density at radius 1 is 1.19 bits per heavy atom. The smallest absolute Gasteiger partial charge is 0.349 e. The predicted octanol–water partition coefficient (Wildman–Crippen LogP) is 3.86. The van der Waals surface area contributed by atoms with Crippen LogP contribution in [-0.4, -0.2) is 28.2 Å². The summed E-state index contributed by atoms with van der Waals surface area (Å²) in [6, 6.07) is 14.2. The van der Waals surface area contributed by atoms with Crippen molar-refractivity contribution in [3.05, 3.63) is 75.7 Å². The van der Waals surface area contributed by atoms with Crippen LogP contribution in [0.4, 0.5) is 5.69 Å². The van der Waals surface area contributed by atoms with Crippen LogP contribution in [0.25, 0.3) is 17.5 Å². The molecule has 0 aliphatic carbocycles. The van der Waals surface area contributed by atoms with Gasteiger partial charge in [0.2, 0.25) is 5.89 Å². The number of hydrogen-bond donors (Lipinski definition) is 0. The zero-order valence-corrected chi connectivity index (χ0v) is 16.5. The van der Waals surface area contributed by atoms with Gasteiger partial charge in [0.1, 0.15) is 17.4 Å². The molecule has 31 heavy (non-hydrogen) atoms. The van der Waals surface area contributed by atoms with Crippen LogP contribution in [-0.2, 0) is 9.53 Å². The molecule has 0 bridgehead atoms. The maximum Gasteiger partial charge on any atom is 0.349 e. The summed E-state index contributed by atoms with van der Waals surface area (Å²) in [7, 11) is 1.54. The van der Waals surface area contributed by atoms with Gasteiger partial charge in [0, 0.05) is 17.7 Å². The van der Waals surface area contributed by atoms with Gasteiger partial charge in [0.15, 0.2) is 6.10 Å². The fourth-order valence-corrected chi connectivity index (χ4v) is 2.52. The highest BCUT2D eigenvalue weighted by Gasteiger charge is 2.21. The first kappa shape index (κ1) is 21.2. The van der Waals surface area contributed by atoms with Gasteiger partial charge >= 0.3 is 5.97 Å². The van der Waals surface area contributed by atoms with Crippen molar-refractivity contribution in [3.8, 4) is 23.3 Å². The number of benzene rings is 2. The Bertz CT molecular complexity index is 1160. The number of nitro groups is 1. The summed E-state index contributed by atoms with van der Waals surface area (Å²) in [4.78, 5) is 22.6. The van der Waals surface area contributed by atoms with E-state index in [4.69, 9.17) is 13.9 Å². The zero-order valence-electron chi connectivity index (χ0n) is 16.5. The third kappa shape index (κ3) is 5.10. The summed E-state index contributed by atoms with van der Waals surface area (Å²) in [6.45, 7) is 1.52. The van der Waals surface area contributed by atoms with Gasteiger partial charge in [-0.3, -0.25) is 10.1 Å². The van der Waals surface area contributed by atoms with Gasteiger partial charge in [-0.2, -0.15) is 5.26 Å². The molecule has 1 heterocycles. The van der Waals surface area contributed by atoms with Crippen molar-refractivity contribution >= 4 is 17.7 Å². The van der Waals surface area contributed by atoms with Crippen LogP contribution in [0.3, 0.4) is 0 Å². The highest BCUT2D eigenvalue weighted by Crippen LogP contribution is 2.25. The Hall–Kier alpha value is -4.52. The van der Waals surface area contributed by atoms with E-state index in [1.807, 2.05) is 6.07 Å². The maximum atomic E-state index is 12.4. The molecule has 1 atom stereocenters. The van der Waals surface area contributed by atoms with E-state index in [1.54, 1.807) is 24.3 Å². The van der Waals surface area contributed by atoms with Crippen LogP contribution >= 0.6 is 0 Å². The third-order valence-electron chi connectivity index (χ3n) is 4.16. The van der Waals surface area contributed by atoms with Gasteiger partial charge in [-0.25, -0.2) is 4.79 Å². The summed E-state index contributed by atoms with van der Waals surface area (Å²) >= 11 is 0.